The first-order chi connectivity index (χ1) is 25.0. The molecule has 0 aromatic carbocycles. The fourth-order valence-corrected chi connectivity index (χ4v) is 6.07. The minimum Gasteiger partial charge on any atom is -0.462 e. The number of hydrogen-bond acceptors (Lipinski definition) is 7. The normalized spacial score (nSPS) is 14.0. The molecule has 0 saturated heterocycles. The summed E-state index contributed by atoms with van der Waals surface area (Å²) in [6.45, 7) is 4.34. The quantitative estimate of drug-likeness (QED) is 0.0219. The summed E-state index contributed by atoms with van der Waals surface area (Å²) in [5.41, 5.74) is 0. The predicted molar refractivity (Wildman–Crippen MR) is 215 cm³/mol. The summed E-state index contributed by atoms with van der Waals surface area (Å²) >= 11 is 0. The van der Waals surface area contributed by atoms with E-state index in [4.69, 9.17) is 18.5 Å². The molecular weight excluding hydrogens is 677 g/mol. The Bertz CT molecular complexity index is 991. The Balaban J connectivity index is 4.43. The van der Waals surface area contributed by atoms with Gasteiger partial charge in [-0.15, -0.1) is 0 Å². The lowest BCUT2D eigenvalue weighted by molar-refractivity contribution is -0.870. The van der Waals surface area contributed by atoms with Crippen LogP contribution in [0.15, 0.2) is 36.5 Å². The van der Waals surface area contributed by atoms with Crippen LogP contribution >= 0.6 is 7.82 Å². The molecule has 10 heteroatoms. The molecule has 0 fully saturated rings. The molecule has 0 heterocycles. The molecule has 0 spiro atoms. The van der Waals surface area contributed by atoms with Crippen molar-refractivity contribution in [1.29, 1.82) is 0 Å². The maximum absolute atomic E-state index is 12.6. The van der Waals surface area contributed by atoms with Gasteiger partial charge in [0.1, 0.15) is 19.8 Å². The highest BCUT2D eigenvalue weighted by Crippen LogP contribution is 2.43. The van der Waals surface area contributed by atoms with E-state index >= 15 is 0 Å². The number of unbranched alkanes of at least 4 members (excludes halogenated alkanes) is 17. The standard InChI is InChI=1S/C42H78NO8P/c1-6-8-10-12-14-16-18-20-21-23-24-26-28-30-32-34-41(44)48-38-40(39-50-52(46,47)49-37-36-43(3,4)5)51-42(45)35-33-31-29-27-25-22-19-17-15-13-11-9-7-2/h14,16-17,19-21,40H,6-13,15,18,22-39H2,1-5H3/p+1/b16-14-,19-17-,21-20-/t40-/m1/s1. The summed E-state index contributed by atoms with van der Waals surface area (Å²) in [5, 5.41) is 0. The van der Waals surface area contributed by atoms with Crippen molar-refractivity contribution in [2.24, 2.45) is 0 Å². The minimum atomic E-state index is -4.37. The first-order valence-electron chi connectivity index (χ1n) is 20.7. The van der Waals surface area contributed by atoms with Crippen molar-refractivity contribution >= 4 is 19.8 Å². The number of allylic oxidation sites excluding steroid dienone is 6. The molecule has 0 rings (SSSR count). The Hall–Kier alpha value is -1.77. The maximum atomic E-state index is 12.6. The first-order valence-corrected chi connectivity index (χ1v) is 22.2. The topological polar surface area (TPSA) is 108 Å². The van der Waals surface area contributed by atoms with Gasteiger partial charge in [-0.25, -0.2) is 4.57 Å². The monoisotopic (exact) mass is 757 g/mol. The van der Waals surface area contributed by atoms with E-state index < -0.39 is 26.5 Å². The summed E-state index contributed by atoms with van der Waals surface area (Å²) in [4.78, 5) is 35.3. The third-order valence-electron chi connectivity index (χ3n) is 8.64. The van der Waals surface area contributed by atoms with Crippen LogP contribution in [0.1, 0.15) is 168 Å². The van der Waals surface area contributed by atoms with E-state index in [-0.39, 0.29) is 32.0 Å². The molecule has 1 unspecified atom stereocenters. The summed E-state index contributed by atoms with van der Waals surface area (Å²) in [6, 6.07) is 0. The molecule has 52 heavy (non-hydrogen) atoms. The molecule has 0 aliphatic carbocycles. The highest BCUT2D eigenvalue weighted by atomic mass is 31.2. The maximum Gasteiger partial charge on any atom is 0.472 e. The van der Waals surface area contributed by atoms with Crippen molar-refractivity contribution < 1.29 is 42.1 Å². The number of esters is 2. The molecule has 0 aromatic heterocycles. The van der Waals surface area contributed by atoms with E-state index in [0.29, 0.717) is 17.4 Å². The van der Waals surface area contributed by atoms with Gasteiger partial charge in [-0.1, -0.05) is 121 Å². The second kappa shape index (κ2) is 35.0. The summed E-state index contributed by atoms with van der Waals surface area (Å²) in [7, 11) is 1.46. The lowest BCUT2D eigenvalue weighted by atomic mass is 10.1. The highest BCUT2D eigenvalue weighted by Gasteiger charge is 2.27. The van der Waals surface area contributed by atoms with Crippen molar-refractivity contribution in [1.82, 2.24) is 0 Å². The Labute approximate surface area is 319 Å². The lowest BCUT2D eigenvalue weighted by Gasteiger charge is -2.24. The summed E-state index contributed by atoms with van der Waals surface area (Å²) in [5.74, 6) is -0.826. The Morgan fingerprint density at radius 3 is 1.58 bits per heavy atom. The van der Waals surface area contributed by atoms with Crippen LogP contribution in [0, 0.1) is 0 Å². The van der Waals surface area contributed by atoms with Crippen LogP contribution in [0.5, 0.6) is 0 Å². The zero-order chi connectivity index (χ0) is 38.6. The van der Waals surface area contributed by atoms with E-state index in [2.05, 4.69) is 50.3 Å². The Kier molecular flexibility index (Phi) is 33.8. The van der Waals surface area contributed by atoms with Gasteiger partial charge in [-0.2, -0.15) is 0 Å². The molecule has 2 atom stereocenters. The number of nitrogens with zero attached hydrogens (tertiary/aromatic N) is 1. The molecule has 0 bridgehead atoms. The fraction of sp³-hybridized carbons (Fsp3) is 0.810. The van der Waals surface area contributed by atoms with Crippen molar-refractivity contribution in [3.8, 4) is 0 Å². The molecule has 0 saturated carbocycles. The van der Waals surface area contributed by atoms with Crippen LogP contribution < -0.4 is 0 Å². The number of likely N-dealkylation sites (N-methyl/N-ethyl adjacent to an activating group) is 1. The van der Waals surface area contributed by atoms with E-state index in [0.717, 1.165) is 77.0 Å². The minimum absolute atomic E-state index is 0.0274. The van der Waals surface area contributed by atoms with Gasteiger partial charge in [0, 0.05) is 12.8 Å². The van der Waals surface area contributed by atoms with Gasteiger partial charge in [-0.3, -0.25) is 18.6 Å². The average molecular weight is 757 g/mol. The highest BCUT2D eigenvalue weighted by molar-refractivity contribution is 7.47. The molecule has 0 amide bonds. The SMILES string of the molecule is CCCCC/C=C\C/C=C\CCCCCCCC(=O)OC[C@H](COP(=O)(O)OCC[N+](C)(C)C)OC(=O)CCCCCCC/C=C\CCCCCC. The number of ether oxygens (including phenoxy) is 2. The van der Waals surface area contributed by atoms with Crippen LogP contribution in [-0.2, 0) is 32.7 Å². The number of carbonyl (C=O) groups excluding carboxylic acids is 2. The van der Waals surface area contributed by atoms with E-state index in [9.17, 15) is 19.0 Å². The van der Waals surface area contributed by atoms with E-state index in [1.807, 2.05) is 21.1 Å². The van der Waals surface area contributed by atoms with Crippen LogP contribution in [0.25, 0.3) is 0 Å². The number of hydrogen-bond donors (Lipinski definition) is 1. The van der Waals surface area contributed by atoms with Crippen molar-refractivity contribution in [3.63, 3.8) is 0 Å². The molecule has 9 nitrogen and oxygen atoms in total. The second-order valence-corrected chi connectivity index (χ2v) is 16.5. The van der Waals surface area contributed by atoms with Crippen LogP contribution in [0.4, 0.5) is 0 Å². The smallest absolute Gasteiger partial charge is 0.462 e. The Morgan fingerprint density at radius 2 is 1.04 bits per heavy atom. The van der Waals surface area contributed by atoms with Crippen LogP contribution in [-0.4, -0.2) is 74.9 Å². The van der Waals surface area contributed by atoms with Gasteiger partial charge in [0.2, 0.25) is 0 Å². The summed E-state index contributed by atoms with van der Waals surface area (Å²) < 4.78 is 34.2. The molecule has 304 valence electrons. The number of carbonyl (C=O) groups is 2. The van der Waals surface area contributed by atoms with Gasteiger partial charge in [0.15, 0.2) is 6.10 Å². The third kappa shape index (κ3) is 38.0. The van der Waals surface area contributed by atoms with Gasteiger partial charge in [0.25, 0.3) is 0 Å². The van der Waals surface area contributed by atoms with Gasteiger partial charge >= 0.3 is 19.8 Å². The van der Waals surface area contributed by atoms with Gasteiger partial charge in [0.05, 0.1) is 27.7 Å². The molecule has 1 N–H and O–H groups in total. The second-order valence-electron chi connectivity index (χ2n) is 15.0. The van der Waals surface area contributed by atoms with Crippen molar-refractivity contribution in [2.45, 2.75) is 174 Å². The molecular formula is C42H79NO8P+. The number of rotatable bonds is 37. The van der Waals surface area contributed by atoms with Crippen LogP contribution in [0.3, 0.4) is 0 Å². The van der Waals surface area contributed by atoms with E-state index in [1.54, 1.807) is 0 Å². The zero-order valence-corrected chi connectivity index (χ0v) is 34.9. The molecule has 0 aliphatic rings. The van der Waals surface area contributed by atoms with E-state index in [1.165, 1.54) is 57.8 Å². The lowest BCUT2D eigenvalue weighted by Crippen LogP contribution is -2.37. The van der Waals surface area contributed by atoms with Gasteiger partial charge in [-0.05, 0) is 70.6 Å². The van der Waals surface area contributed by atoms with Crippen molar-refractivity contribution in [3.05, 3.63) is 36.5 Å². The molecule has 0 radical (unpaired) electrons. The largest absolute Gasteiger partial charge is 0.472 e. The first kappa shape index (κ1) is 50.2. The zero-order valence-electron chi connectivity index (χ0n) is 34.0. The van der Waals surface area contributed by atoms with Gasteiger partial charge < -0.3 is 18.9 Å². The third-order valence-corrected chi connectivity index (χ3v) is 9.63. The Morgan fingerprint density at radius 1 is 0.596 bits per heavy atom. The fourth-order valence-electron chi connectivity index (χ4n) is 5.33. The molecule has 0 aromatic rings. The van der Waals surface area contributed by atoms with Crippen LogP contribution in [0.2, 0.25) is 0 Å². The van der Waals surface area contributed by atoms with Crippen molar-refractivity contribution in [2.75, 3.05) is 47.5 Å². The summed E-state index contributed by atoms with van der Waals surface area (Å²) in [6.07, 6.45) is 37.5. The molecule has 0 aliphatic heterocycles. The number of phosphoric ester groups is 1. The average Bonchev–Trinajstić information content (AvgIpc) is 3.09. The number of quaternary nitrogens is 1. The number of phosphoric acid groups is 1. The predicted octanol–water partition coefficient (Wildman–Crippen LogP) is 11.4.